The number of aromatic nitrogens is 3. The fourth-order valence-electron chi connectivity index (χ4n) is 3.69. The Balaban J connectivity index is 1.40. The van der Waals surface area contributed by atoms with Gasteiger partial charge < -0.3 is 10.2 Å². The first kappa shape index (κ1) is 18.3. The number of hydrogen-bond donors (Lipinski definition) is 1. The molecule has 4 rings (SSSR count). The normalized spacial score (nSPS) is 16.9. The highest BCUT2D eigenvalue weighted by molar-refractivity contribution is 5.80. The molecular formula is C22H25N5O. The van der Waals surface area contributed by atoms with Crippen LogP contribution in [0, 0.1) is 19.8 Å². The van der Waals surface area contributed by atoms with Crippen molar-refractivity contribution in [3.63, 3.8) is 0 Å². The Morgan fingerprint density at radius 3 is 2.86 bits per heavy atom. The van der Waals surface area contributed by atoms with Crippen LogP contribution in [0.4, 0.5) is 5.69 Å². The lowest BCUT2D eigenvalue weighted by Crippen LogP contribution is -2.43. The molecule has 1 fully saturated rings. The van der Waals surface area contributed by atoms with E-state index in [1.54, 1.807) is 12.4 Å². The first-order chi connectivity index (χ1) is 13.6. The van der Waals surface area contributed by atoms with E-state index < -0.39 is 0 Å². The Hall–Kier alpha value is -3.02. The zero-order chi connectivity index (χ0) is 19.5. The van der Waals surface area contributed by atoms with E-state index in [4.69, 9.17) is 0 Å². The van der Waals surface area contributed by atoms with E-state index >= 15 is 0 Å². The van der Waals surface area contributed by atoms with Crippen molar-refractivity contribution < 1.29 is 4.79 Å². The molecule has 0 radical (unpaired) electrons. The minimum absolute atomic E-state index is 0.0159. The Morgan fingerprint density at radius 2 is 2.00 bits per heavy atom. The molecule has 6 heteroatoms. The van der Waals surface area contributed by atoms with Crippen molar-refractivity contribution in [2.45, 2.75) is 33.2 Å². The number of pyridine rings is 1. The molecule has 0 unspecified atom stereocenters. The second-order valence-electron chi connectivity index (χ2n) is 7.51. The molecule has 0 spiro atoms. The number of carbonyl (C=O) groups excluding carboxylic acids is 1. The van der Waals surface area contributed by atoms with Gasteiger partial charge in [-0.25, -0.2) is 9.97 Å². The lowest BCUT2D eigenvalue weighted by atomic mass is 9.96. The third kappa shape index (κ3) is 3.96. The van der Waals surface area contributed by atoms with Crippen molar-refractivity contribution in [1.29, 1.82) is 0 Å². The highest BCUT2D eigenvalue weighted by atomic mass is 16.1. The minimum Gasteiger partial charge on any atom is -0.369 e. The summed E-state index contributed by atoms with van der Waals surface area (Å²) in [6.45, 7) is 6.40. The van der Waals surface area contributed by atoms with Gasteiger partial charge in [0.2, 0.25) is 5.91 Å². The number of aryl methyl sites for hydroxylation is 2. The number of rotatable bonds is 4. The van der Waals surface area contributed by atoms with Gasteiger partial charge >= 0.3 is 0 Å². The van der Waals surface area contributed by atoms with Crippen LogP contribution in [-0.2, 0) is 11.3 Å². The Morgan fingerprint density at radius 1 is 1.14 bits per heavy atom. The molecule has 2 aromatic heterocycles. The molecule has 1 saturated heterocycles. The van der Waals surface area contributed by atoms with Crippen LogP contribution in [0.5, 0.6) is 0 Å². The second-order valence-corrected chi connectivity index (χ2v) is 7.51. The van der Waals surface area contributed by atoms with Crippen LogP contribution in [0.3, 0.4) is 0 Å². The van der Waals surface area contributed by atoms with Gasteiger partial charge in [-0.15, -0.1) is 0 Å². The monoisotopic (exact) mass is 375 g/mol. The largest absolute Gasteiger partial charge is 0.369 e. The summed E-state index contributed by atoms with van der Waals surface area (Å²) in [4.78, 5) is 27.9. The van der Waals surface area contributed by atoms with Crippen molar-refractivity contribution in [1.82, 2.24) is 20.3 Å². The van der Waals surface area contributed by atoms with E-state index in [-0.39, 0.29) is 11.8 Å². The zero-order valence-corrected chi connectivity index (χ0v) is 16.4. The van der Waals surface area contributed by atoms with Crippen LogP contribution in [0.2, 0.25) is 0 Å². The van der Waals surface area contributed by atoms with Crippen molar-refractivity contribution in [3.8, 4) is 0 Å². The maximum absolute atomic E-state index is 12.7. The second kappa shape index (κ2) is 7.92. The van der Waals surface area contributed by atoms with E-state index in [2.05, 4.69) is 57.2 Å². The van der Waals surface area contributed by atoms with E-state index in [9.17, 15) is 4.79 Å². The fourth-order valence-corrected chi connectivity index (χ4v) is 3.69. The number of nitrogens with one attached hydrogen (secondary N) is 1. The molecule has 1 aromatic carbocycles. The molecule has 1 atom stereocenters. The first-order valence-electron chi connectivity index (χ1n) is 9.76. The van der Waals surface area contributed by atoms with Gasteiger partial charge in [-0.1, -0.05) is 18.2 Å². The van der Waals surface area contributed by atoms with Crippen molar-refractivity contribution in [2.75, 3.05) is 18.0 Å². The maximum atomic E-state index is 12.7. The lowest BCUT2D eigenvalue weighted by molar-refractivity contribution is -0.125. The number of hydrogen-bond acceptors (Lipinski definition) is 5. The molecule has 1 N–H and O–H groups in total. The summed E-state index contributed by atoms with van der Waals surface area (Å²) in [6, 6.07) is 8.33. The lowest BCUT2D eigenvalue weighted by Gasteiger charge is -2.33. The average Bonchev–Trinajstić information content (AvgIpc) is 2.74. The number of piperidine rings is 1. The molecule has 0 aliphatic carbocycles. The number of fused-ring (bicyclic) bond motifs is 1. The molecule has 3 aromatic rings. The smallest absolute Gasteiger partial charge is 0.225 e. The topological polar surface area (TPSA) is 71.0 Å². The number of carbonyl (C=O) groups is 1. The zero-order valence-electron chi connectivity index (χ0n) is 16.4. The summed E-state index contributed by atoms with van der Waals surface area (Å²) in [5.41, 5.74) is 6.09. The highest BCUT2D eigenvalue weighted by Crippen LogP contribution is 2.24. The van der Waals surface area contributed by atoms with Gasteiger partial charge in [-0.05, 0) is 49.4 Å². The molecule has 1 amide bonds. The fraction of sp³-hybridized carbons (Fsp3) is 0.364. The van der Waals surface area contributed by atoms with Crippen molar-refractivity contribution >= 4 is 22.8 Å². The van der Waals surface area contributed by atoms with Gasteiger partial charge in [0, 0.05) is 32.0 Å². The Labute approximate surface area is 165 Å². The molecule has 3 heterocycles. The number of anilines is 1. The molecule has 1 aliphatic heterocycles. The summed E-state index contributed by atoms with van der Waals surface area (Å²) >= 11 is 0. The number of benzene rings is 1. The highest BCUT2D eigenvalue weighted by Gasteiger charge is 2.26. The van der Waals surface area contributed by atoms with E-state index in [0.717, 1.165) is 36.2 Å². The van der Waals surface area contributed by atoms with Crippen LogP contribution in [0.15, 0.2) is 42.9 Å². The molecule has 28 heavy (non-hydrogen) atoms. The molecule has 0 bridgehead atoms. The van der Waals surface area contributed by atoms with Gasteiger partial charge in [-0.3, -0.25) is 9.78 Å². The number of nitrogens with zero attached hydrogens (tertiary/aromatic N) is 4. The van der Waals surface area contributed by atoms with Gasteiger partial charge in [0.15, 0.2) is 5.65 Å². The van der Waals surface area contributed by atoms with Gasteiger partial charge in [-0.2, -0.15) is 0 Å². The third-order valence-corrected chi connectivity index (χ3v) is 5.51. The first-order valence-corrected chi connectivity index (χ1v) is 9.76. The van der Waals surface area contributed by atoms with Gasteiger partial charge in [0.1, 0.15) is 5.52 Å². The predicted octanol–water partition coefficient (Wildman–Crippen LogP) is 3.17. The van der Waals surface area contributed by atoms with Crippen molar-refractivity contribution in [3.05, 3.63) is 59.5 Å². The molecule has 1 aliphatic rings. The van der Waals surface area contributed by atoms with Crippen LogP contribution in [0.1, 0.15) is 29.5 Å². The summed E-state index contributed by atoms with van der Waals surface area (Å²) in [5.74, 6) is 0.106. The SMILES string of the molecule is Cc1ccc(CNC(=O)[C@@H]2CCCN(c3cnc4nccnc4c3)C2)cc1C. The summed E-state index contributed by atoms with van der Waals surface area (Å²) in [6.07, 6.45) is 7.04. The van der Waals surface area contributed by atoms with Crippen LogP contribution in [0.25, 0.3) is 11.2 Å². The third-order valence-electron chi connectivity index (χ3n) is 5.51. The van der Waals surface area contributed by atoms with Gasteiger partial charge in [0.25, 0.3) is 0 Å². The van der Waals surface area contributed by atoms with E-state index in [0.29, 0.717) is 18.7 Å². The molecule has 0 saturated carbocycles. The molecular weight excluding hydrogens is 350 g/mol. The standard InChI is InChI=1S/C22H25N5O/c1-15-5-6-17(10-16(15)2)12-26-22(28)18-4-3-9-27(14-18)19-11-20-21(25-13-19)24-8-7-23-20/h5-8,10-11,13,18H,3-4,9,12,14H2,1-2H3,(H,26,28)/t18-/m1/s1. The summed E-state index contributed by atoms with van der Waals surface area (Å²) < 4.78 is 0. The maximum Gasteiger partial charge on any atom is 0.225 e. The van der Waals surface area contributed by atoms with Crippen molar-refractivity contribution in [2.24, 2.45) is 5.92 Å². The quantitative estimate of drug-likeness (QED) is 0.758. The van der Waals surface area contributed by atoms with E-state index in [1.807, 2.05) is 12.3 Å². The number of amides is 1. The summed E-state index contributed by atoms with van der Waals surface area (Å²) in [7, 11) is 0. The average molecular weight is 375 g/mol. The van der Waals surface area contributed by atoms with E-state index in [1.165, 1.54) is 11.1 Å². The Bertz CT molecular complexity index is 1000. The van der Waals surface area contributed by atoms with Crippen LogP contribution >= 0.6 is 0 Å². The van der Waals surface area contributed by atoms with Gasteiger partial charge in [0.05, 0.1) is 17.8 Å². The van der Waals surface area contributed by atoms with Crippen LogP contribution in [-0.4, -0.2) is 33.9 Å². The predicted molar refractivity (Wildman–Crippen MR) is 110 cm³/mol. The molecule has 144 valence electrons. The summed E-state index contributed by atoms with van der Waals surface area (Å²) in [5, 5.41) is 3.11. The minimum atomic E-state index is -0.0159. The van der Waals surface area contributed by atoms with Crippen LogP contribution < -0.4 is 10.2 Å². The Kier molecular flexibility index (Phi) is 5.19. The molecule has 6 nitrogen and oxygen atoms in total.